The molecule has 23 heavy (non-hydrogen) atoms. The quantitative estimate of drug-likeness (QED) is 0.405. The average molecular weight is 322 g/mol. The summed E-state index contributed by atoms with van der Waals surface area (Å²) in [7, 11) is 0. The van der Waals surface area contributed by atoms with Crippen LogP contribution < -0.4 is 0 Å². The molecular weight excluding hydrogens is 292 g/mol. The summed E-state index contributed by atoms with van der Waals surface area (Å²) in [5, 5.41) is 0. The largest absolute Gasteiger partial charge is 0.466 e. The Balaban J connectivity index is 1.90. The molecule has 1 aromatic carbocycles. The third kappa shape index (κ3) is 10.9. The maximum Gasteiger partial charge on any atom is 0.305 e. The zero-order chi connectivity index (χ0) is 16.8. The van der Waals surface area contributed by atoms with Gasteiger partial charge >= 0.3 is 5.97 Å². The lowest BCUT2D eigenvalue weighted by Gasteiger charge is -2.13. The molecule has 0 aliphatic carbocycles. The number of hydrogen-bond acceptors (Lipinski definition) is 4. The first-order chi connectivity index (χ1) is 11.2. The second-order valence-electron chi connectivity index (χ2n) is 5.62. The molecule has 1 aromatic rings. The minimum Gasteiger partial charge on any atom is -0.466 e. The fourth-order valence-corrected chi connectivity index (χ4v) is 2.27. The molecule has 0 amide bonds. The van der Waals surface area contributed by atoms with Crippen molar-refractivity contribution in [3.05, 3.63) is 35.9 Å². The van der Waals surface area contributed by atoms with Crippen molar-refractivity contribution >= 4 is 5.97 Å². The van der Waals surface area contributed by atoms with E-state index < -0.39 is 0 Å². The fraction of sp³-hybridized carbons (Fsp3) is 0.632. The van der Waals surface area contributed by atoms with Crippen molar-refractivity contribution in [3.63, 3.8) is 0 Å². The van der Waals surface area contributed by atoms with Gasteiger partial charge in [-0.05, 0) is 32.3 Å². The molecule has 0 aliphatic heterocycles. The number of unbranched alkanes of at least 4 members (excludes halogenated alkanes) is 2. The molecule has 0 saturated carbocycles. The summed E-state index contributed by atoms with van der Waals surface area (Å²) in [5.74, 6) is -0.0904. The van der Waals surface area contributed by atoms with Gasteiger partial charge in [-0.1, -0.05) is 43.2 Å². The molecule has 0 bridgehead atoms. The van der Waals surface area contributed by atoms with Crippen LogP contribution in [-0.4, -0.2) is 31.9 Å². The van der Waals surface area contributed by atoms with Crippen molar-refractivity contribution in [2.45, 2.75) is 58.7 Å². The van der Waals surface area contributed by atoms with E-state index in [-0.39, 0.29) is 12.1 Å². The lowest BCUT2D eigenvalue weighted by Crippen LogP contribution is -2.13. The van der Waals surface area contributed by atoms with Crippen molar-refractivity contribution in [2.24, 2.45) is 0 Å². The molecule has 0 fully saturated rings. The van der Waals surface area contributed by atoms with E-state index in [4.69, 9.17) is 14.2 Å². The number of benzene rings is 1. The number of carbonyl (C=O) groups is 1. The number of carbonyl (C=O) groups excluding carboxylic acids is 1. The lowest BCUT2D eigenvalue weighted by atomic mass is 10.1. The molecule has 0 aromatic heterocycles. The Morgan fingerprint density at radius 3 is 2.61 bits per heavy atom. The SMILES string of the molecule is CCOC(=O)CCCCCC(C)OCCOCc1ccccc1. The number of ether oxygens (including phenoxy) is 3. The molecule has 4 heteroatoms. The van der Waals surface area contributed by atoms with Crippen LogP contribution >= 0.6 is 0 Å². The molecule has 0 heterocycles. The van der Waals surface area contributed by atoms with Gasteiger partial charge in [0.15, 0.2) is 0 Å². The van der Waals surface area contributed by atoms with E-state index in [1.54, 1.807) is 0 Å². The highest BCUT2D eigenvalue weighted by Gasteiger charge is 2.04. The summed E-state index contributed by atoms with van der Waals surface area (Å²) in [6, 6.07) is 10.1. The molecule has 1 rings (SSSR count). The third-order valence-corrected chi connectivity index (χ3v) is 3.54. The number of hydrogen-bond donors (Lipinski definition) is 0. The highest BCUT2D eigenvalue weighted by molar-refractivity contribution is 5.69. The summed E-state index contributed by atoms with van der Waals surface area (Å²) in [4.78, 5) is 11.2. The maximum absolute atomic E-state index is 11.2. The molecular formula is C19H30O4. The van der Waals surface area contributed by atoms with Gasteiger partial charge in [-0.15, -0.1) is 0 Å². The van der Waals surface area contributed by atoms with Crippen LogP contribution in [0, 0.1) is 0 Å². The smallest absolute Gasteiger partial charge is 0.305 e. The standard InChI is InChI=1S/C19H30O4/c1-3-22-19(20)13-9-4-6-10-17(2)23-15-14-21-16-18-11-7-5-8-12-18/h5,7-8,11-12,17H,3-4,6,9-10,13-16H2,1-2H3. The first-order valence-electron chi connectivity index (χ1n) is 8.61. The molecule has 0 spiro atoms. The highest BCUT2D eigenvalue weighted by Crippen LogP contribution is 2.09. The predicted molar refractivity (Wildman–Crippen MR) is 91.2 cm³/mol. The van der Waals surface area contributed by atoms with Gasteiger partial charge in [0, 0.05) is 6.42 Å². The molecule has 0 N–H and O–H groups in total. The second kappa shape index (κ2) is 13.1. The Bertz CT molecular complexity index is 405. The monoisotopic (exact) mass is 322 g/mol. The molecule has 1 atom stereocenters. The van der Waals surface area contributed by atoms with Crippen molar-refractivity contribution in [1.82, 2.24) is 0 Å². The van der Waals surface area contributed by atoms with E-state index in [1.807, 2.05) is 25.1 Å². The van der Waals surface area contributed by atoms with Gasteiger partial charge in [0.2, 0.25) is 0 Å². The minimum atomic E-state index is -0.0904. The number of esters is 1. The molecule has 0 radical (unpaired) electrons. The van der Waals surface area contributed by atoms with E-state index >= 15 is 0 Å². The van der Waals surface area contributed by atoms with Gasteiger partial charge in [0.25, 0.3) is 0 Å². The van der Waals surface area contributed by atoms with Gasteiger partial charge in [-0.3, -0.25) is 4.79 Å². The van der Waals surface area contributed by atoms with E-state index in [0.29, 0.717) is 32.8 Å². The van der Waals surface area contributed by atoms with Crippen LogP contribution in [0.3, 0.4) is 0 Å². The van der Waals surface area contributed by atoms with Crippen molar-refractivity contribution in [2.75, 3.05) is 19.8 Å². The average Bonchev–Trinajstić information content (AvgIpc) is 2.55. The maximum atomic E-state index is 11.2. The van der Waals surface area contributed by atoms with Crippen LogP contribution in [0.25, 0.3) is 0 Å². The Morgan fingerprint density at radius 2 is 1.87 bits per heavy atom. The van der Waals surface area contributed by atoms with Crippen LogP contribution in [0.5, 0.6) is 0 Å². The van der Waals surface area contributed by atoms with Gasteiger partial charge in [-0.2, -0.15) is 0 Å². The van der Waals surface area contributed by atoms with E-state index in [2.05, 4.69) is 19.1 Å². The van der Waals surface area contributed by atoms with Crippen LogP contribution in [0.1, 0.15) is 51.5 Å². The first kappa shape index (κ1) is 19.7. The van der Waals surface area contributed by atoms with Crippen LogP contribution in [-0.2, 0) is 25.6 Å². The Morgan fingerprint density at radius 1 is 1.09 bits per heavy atom. The molecule has 0 aliphatic rings. The van der Waals surface area contributed by atoms with E-state index in [0.717, 1.165) is 25.7 Å². The topological polar surface area (TPSA) is 44.8 Å². The van der Waals surface area contributed by atoms with Crippen LogP contribution in [0.2, 0.25) is 0 Å². The summed E-state index contributed by atoms with van der Waals surface area (Å²) in [5.41, 5.74) is 1.18. The Kier molecular flexibility index (Phi) is 11.2. The van der Waals surface area contributed by atoms with Gasteiger partial charge in [0.1, 0.15) is 0 Å². The molecule has 0 saturated heterocycles. The summed E-state index contributed by atoms with van der Waals surface area (Å²) >= 11 is 0. The van der Waals surface area contributed by atoms with Gasteiger partial charge < -0.3 is 14.2 Å². The first-order valence-corrected chi connectivity index (χ1v) is 8.61. The molecule has 1 unspecified atom stereocenters. The Labute approximate surface area is 140 Å². The predicted octanol–water partition coefficient (Wildman–Crippen LogP) is 4.12. The van der Waals surface area contributed by atoms with Crippen molar-refractivity contribution < 1.29 is 19.0 Å². The normalized spacial score (nSPS) is 12.1. The van der Waals surface area contributed by atoms with Gasteiger partial charge in [0.05, 0.1) is 32.5 Å². The third-order valence-electron chi connectivity index (χ3n) is 3.54. The zero-order valence-electron chi connectivity index (χ0n) is 14.5. The van der Waals surface area contributed by atoms with Crippen LogP contribution in [0.15, 0.2) is 30.3 Å². The highest BCUT2D eigenvalue weighted by atomic mass is 16.5. The lowest BCUT2D eigenvalue weighted by molar-refractivity contribution is -0.143. The van der Waals surface area contributed by atoms with E-state index in [9.17, 15) is 4.79 Å². The summed E-state index contributed by atoms with van der Waals surface area (Å²) < 4.78 is 16.2. The second-order valence-corrected chi connectivity index (χ2v) is 5.62. The van der Waals surface area contributed by atoms with Crippen molar-refractivity contribution in [1.29, 1.82) is 0 Å². The summed E-state index contributed by atoms with van der Waals surface area (Å²) in [6.07, 6.45) is 4.78. The minimum absolute atomic E-state index is 0.0904. The molecule has 4 nitrogen and oxygen atoms in total. The van der Waals surface area contributed by atoms with E-state index in [1.165, 1.54) is 5.56 Å². The van der Waals surface area contributed by atoms with Crippen molar-refractivity contribution in [3.8, 4) is 0 Å². The molecule has 130 valence electrons. The fourth-order valence-electron chi connectivity index (χ4n) is 2.27. The number of rotatable bonds is 13. The van der Waals surface area contributed by atoms with Crippen LogP contribution in [0.4, 0.5) is 0 Å². The van der Waals surface area contributed by atoms with Gasteiger partial charge in [-0.25, -0.2) is 0 Å². The summed E-state index contributed by atoms with van der Waals surface area (Å²) in [6.45, 7) is 6.25. The Hall–Kier alpha value is -1.39. The zero-order valence-corrected chi connectivity index (χ0v) is 14.5.